The molecular formula is C14H23N3O. The van der Waals surface area contributed by atoms with Gasteiger partial charge in [-0.25, -0.2) is 4.98 Å². The zero-order chi connectivity index (χ0) is 13.1. The molecule has 1 unspecified atom stereocenters. The number of anilines is 1. The maximum absolute atomic E-state index is 5.51. The van der Waals surface area contributed by atoms with Gasteiger partial charge in [0.15, 0.2) is 0 Å². The molecule has 100 valence electrons. The summed E-state index contributed by atoms with van der Waals surface area (Å²) in [4.78, 5) is 7.13. The third kappa shape index (κ3) is 2.65. The Morgan fingerprint density at radius 1 is 1.50 bits per heavy atom. The molecule has 1 aliphatic heterocycles. The number of nitrogens with zero attached hydrogens (tertiary/aromatic N) is 2. The molecule has 0 bridgehead atoms. The first-order valence-electron chi connectivity index (χ1n) is 6.59. The Hall–Kier alpha value is -1.13. The van der Waals surface area contributed by atoms with Gasteiger partial charge < -0.3 is 15.0 Å². The number of aromatic nitrogens is 1. The molecule has 18 heavy (non-hydrogen) atoms. The van der Waals surface area contributed by atoms with E-state index in [1.165, 1.54) is 11.1 Å². The summed E-state index contributed by atoms with van der Waals surface area (Å²) in [6.45, 7) is 9.78. The van der Waals surface area contributed by atoms with E-state index in [9.17, 15) is 0 Å². The minimum absolute atomic E-state index is 0.392. The minimum Gasteiger partial charge on any atom is -0.377 e. The second-order valence-corrected chi connectivity index (χ2v) is 5.03. The van der Waals surface area contributed by atoms with Gasteiger partial charge in [0.2, 0.25) is 0 Å². The largest absolute Gasteiger partial charge is 0.377 e. The highest BCUT2D eigenvalue weighted by atomic mass is 16.5. The van der Waals surface area contributed by atoms with Gasteiger partial charge in [-0.15, -0.1) is 0 Å². The summed E-state index contributed by atoms with van der Waals surface area (Å²) in [5.74, 6) is 1.12. The number of aryl methyl sites for hydroxylation is 2. The quantitative estimate of drug-likeness (QED) is 0.884. The van der Waals surface area contributed by atoms with Gasteiger partial charge in [-0.05, 0) is 39.4 Å². The van der Waals surface area contributed by atoms with Crippen LogP contribution in [-0.4, -0.2) is 37.8 Å². The molecule has 1 aliphatic rings. The fourth-order valence-corrected chi connectivity index (χ4v) is 2.52. The molecule has 2 heterocycles. The molecule has 0 aliphatic carbocycles. The summed E-state index contributed by atoms with van der Waals surface area (Å²) in [6.07, 6.45) is 0. The third-order valence-electron chi connectivity index (χ3n) is 3.45. The molecule has 4 nitrogen and oxygen atoms in total. The van der Waals surface area contributed by atoms with Gasteiger partial charge in [0.1, 0.15) is 5.82 Å². The molecule has 1 N–H and O–H groups in total. The number of pyridine rings is 1. The standard InChI is InChI=1S/C14H23N3O/c1-10-7-11(2)16-14(13(10)8-15-4)17-5-6-18-9-12(17)3/h7,12,15H,5-6,8-9H2,1-4H3. The van der Waals surface area contributed by atoms with Crippen molar-refractivity contribution in [3.8, 4) is 0 Å². The smallest absolute Gasteiger partial charge is 0.134 e. The maximum atomic E-state index is 5.51. The molecule has 1 atom stereocenters. The summed E-state index contributed by atoms with van der Waals surface area (Å²) in [6, 6.07) is 2.55. The van der Waals surface area contributed by atoms with Gasteiger partial charge in [-0.1, -0.05) is 0 Å². The second kappa shape index (κ2) is 5.67. The number of hydrogen-bond donors (Lipinski definition) is 1. The molecule has 1 saturated heterocycles. The lowest BCUT2D eigenvalue weighted by Gasteiger charge is -2.36. The van der Waals surface area contributed by atoms with Crippen LogP contribution in [0.2, 0.25) is 0 Å². The summed E-state index contributed by atoms with van der Waals surface area (Å²) in [5, 5.41) is 3.24. The monoisotopic (exact) mass is 249 g/mol. The van der Waals surface area contributed by atoms with Crippen LogP contribution in [-0.2, 0) is 11.3 Å². The molecule has 1 fully saturated rings. The van der Waals surface area contributed by atoms with E-state index < -0.39 is 0 Å². The molecule has 0 spiro atoms. The molecule has 0 radical (unpaired) electrons. The van der Waals surface area contributed by atoms with Crippen LogP contribution in [0.15, 0.2) is 6.07 Å². The van der Waals surface area contributed by atoms with E-state index in [2.05, 4.69) is 37.1 Å². The van der Waals surface area contributed by atoms with Crippen LogP contribution in [0.1, 0.15) is 23.7 Å². The highest BCUT2D eigenvalue weighted by Gasteiger charge is 2.23. The van der Waals surface area contributed by atoms with Crippen molar-refractivity contribution in [2.24, 2.45) is 0 Å². The van der Waals surface area contributed by atoms with Crippen molar-refractivity contribution >= 4 is 5.82 Å². The van der Waals surface area contributed by atoms with Gasteiger partial charge in [-0.2, -0.15) is 0 Å². The average Bonchev–Trinajstić information content (AvgIpc) is 2.33. The maximum Gasteiger partial charge on any atom is 0.134 e. The summed E-state index contributed by atoms with van der Waals surface area (Å²) in [7, 11) is 1.98. The van der Waals surface area contributed by atoms with Crippen LogP contribution in [0, 0.1) is 13.8 Å². The first kappa shape index (κ1) is 13.3. The van der Waals surface area contributed by atoms with Crippen molar-refractivity contribution in [2.75, 3.05) is 31.7 Å². The fraction of sp³-hybridized carbons (Fsp3) is 0.643. The Bertz CT molecular complexity index is 420. The van der Waals surface area contributed by atoms with E-state index in [0.717, 1.165) is 37.8 Å². The van der Waals surface area contributed by atoms with Gasteiger partial charge in [0, 0.05) is 24.3 Å². The number of hydrogen-bond acceptors (Lipinski definition) is 4. The van der Waals surface area contributed by atoms with Crippen LogP contribution in [0.5, 0.6) is 0 Å². The van der Waals surface area contributed by atoms with E-state index in [0.29, 0.717) is 6.04 Å². The molecule has 0 aromatic carbocycles. The number of rotatable bonds is 3. The molecule has 2 rings (SSSR count). The van der Waals surface area contributed by atoms with Crippen LogP contribution in [0.3, 0.4) is 0 Å². The van der Waals surface area contributed by atoms with Crippen molar-refractivity contribution < 1.29 is 4.74 Å². The lowest BCUT2D eigenvalue weighted by molar-refractivity contribution is 0.0984. The van der Waals surface area contributed by atoms with Crippen LogP contribution in [0.25, 0.3) is 0 Å². The Morgan fingerprint density at radius 2 is 2.28 bits per heavy atom. The first-order chi connectivity index (χ1) is 8.63. The van der Waals surface area contributed by atoms with Crippen molar-refractivity contribution in [3.05, 3.63) is 22.9 Å². The molecule has 0 saturated carbocycles. The van der Waals surface area contributed by atoms with E-state index >= 15 is 0 Å². The van der Waals surface area contributed by atoms with E-state index in [1.807, 2.05) is 7.05 Å². The summed E-state index contributed by atoms with van der Waals surface area (Å²) < 4.78 is 5.51. The van der Waals surface area contributed by atoms with Gasteiger partial charge in [0.05, 0.1) is 19.3 Å². The molecule has 1 aromatic rings. The Balaban J connectivity index is 2.40. The van der Waals surface area contributed by atoms with Gasteiger partial charge in [-0.3, -0.25) is 0 Å². The Kier molecular flexibility index (Phi) is 4.19. The lowest BCUT2D eigenvalue weighted by atomic mass is 10.1. The Morgan fingerprint density at radius 3 is 2.94 bits per heavy atom. The third-order valence-corrected chi connectivity index (χ3v) is 3.45. The molecular weight excluding hydrogens is 226 g/mol. The number of nitrogens with one attached hydrogen (secondary N) is 1. The van der Waals surface area contributed by atoms with Crippen molar-refractivity contribution in [3.63, 3.8) is 0 Å². The van der Waals surface area contributed by atoms with Crippen molar-refractivity contribution in [1.29, 1.82) is 0 Å². The van der Waals surface area contributed by atoms with E-state index in [1.54, 1.807) is 0 Å². The number of morpholine rings is 1. The predicted octanol–water partition coefficient (Wildman–Crippen LogP) is 1.64. The van der Waals surface area contributed by atoms with E-state index in [4.69, 9.17) is 9.72 Å². The van der Waals surface area contributed by atoms with Crippen LogP contribution in [0.4, 0.5) is 5.82 Å². The minimum atomic E-state index is 0.392. The normalized spacial score (nSPS) is 20.2. The van der Waals surface area contributed by atoms with Gasteiger partial charge >= 0.3 is 0 Å². The zero-order valence-electron chi connectivity index (χ0n) is 11.8. The highest BCUT2D eigenvalue weighted by Crippen LogP contribution is 2.25. The topological polar surface area (TPSA) is 37.4 Å². The van der Waals surface area contributed by atoms with Gasteiger partial charge in [0.25, 0.3) is 0 Å². The van der Waals surface area contributed by atoms with Crippen LogP contribution >= 0.6 is 0 Å². The van der Waals surface area contributed by atoms with Crippen LogP contribution < -0.4 is 10.2 Å². The lowest BCUT2D eigenvalue weighted by Crippen LogP contribution is -2.45. The first-order valence-corrected chi connectivity index (χ1v) is 6.59. The zero-order valence-corrected chi connectivity index (χ0v) is 11.8. The van der Waals surface area contributed by atoms with Crippen molar-refractivity contribution in [1.82, 2.24) is 10.3 Å². The molecule has 0 amide bonds. The van der Waals surface area contributed by atoms with Crippen molar-refractivity contribution in [2.45, 2.75) is 33.4 Å². The summed E-state index contributed by atoms with van der Waals surface area (Å²) >= 11 is 0. The SMILES string of the molecule is CNCc1c(C)cc(C)nc1N1CCOCC1C. The fourth-order valence-electron chi connectivity index (χ4n) is 2.52. The second-order valence-electron chi connectivity index (χ2n) is 5.03. The Labute approximate surface area is 109 Å². The predicted molar refractivity (Wildman–Crippen MR) is 74.1 cm³/mol. The number of ether oxygens (including phenoxy) is 1. The highest BCUT2D eigenvalue weighted by molar-refractivity contribution is 5.52. The van der Waals surface area contributed by atoms with E-state index in [-0.39, 0.29) is 0 Å². The summed E-state index contributed by atoms with van der Waals surface area (Å²) in [5.41, 5.74) is 3.70. The molecule has 4 heteroatoms. The average molecular weight is 249 g/mol. The molecule has 1 aromatic heterocycles.